The molecule has 0 radical (unpaired) electrons. The number of nitrogens with one attached hydrogen (secondary N) is 1. The van der Waals surface area contributed by atoms with Crippen molar-refractivity contribution in [2.75, 3.05) is 30.9 Å². The lowest BCUT2D eigenvalue weighted by Gasteiger charge is -2.19. The van der Waals surface area contributed by atoms with Crippen LogP contribution in [0, 0.1) is 0 Å². The fourth-order valence-electron chi connectivity index (χ4n) is 3.38. The Morgan fingerprint density at radius 2 is 1.84 bits per heavy atom. The van der Waals surface area contributed by atoms with Gasteiger partial charge >= 0.3 is 0 Å². The van der Waals surface area contributed by atoms with Crippen molar-refractivity contribution >= 4 is 38.2 Å². The summed E-state index contributed by atoms with van der Waals surface area (Å²) in [5.41, 5.74) is 2.87. The van der Waals surface area contributed by atoms with Gasteiger partial charge < -0.3 is 10.2 Å². The van der Waals surface area contributed by atoms with Crippen LogP contribution in [0.3, 0.4) is 0 Å². The molecule has 4 heteroatoms. The number of pyridine rings is 1. The van der Waals surface area contributed by atoms with E-state index in [-0.39, 0.29) is 5.41 Å². The molecule has 0 spiro atoms. The maximum absolute atomic E-state index is 4.65. The third-order valence-corrected chi connectivity index (χ3v) is 5.80. The zero-order valence-electron chi connectivity index (χ0n) is 14.6. The molecule has 3 nitrogen and oxygen atoms in total. The van der Waals surface area contributed by atoms with E-state index >= 15 is 0 Å². The average molecular weight is 396 g/mol. The Bertz CT molecular complexity index is 902. The third-order valence-electron chi connectivity index (χ3n) is 5.17. The first-order valence-electron chi connectivity index (χ1n) is 8.64. The number of anilines is 2. The minimum absolute atomic E-state index is 0.265. The zero-order valence-corrected chi connectivity index (χ0v) is 16.2. The lowest BCUT2D eigenvalue weighted by molar-refractivity contribution is 0.731. The van der Waals surface area contributed by atoms with E-state index in [1.165, 1.54) is 29.5 Å². The van der Waals surface area contributed by atoms with Gasteiger partial charge in [0.15, 0.2) is 0 Å². The van der Waals surface area contributed by atoms with Crippen LogP contribution in [0.1, 0.15) is 18.4 Å². The van der Waals surface area contributed by atoms with Gasteiger partial charge in [0.1, 0.15) is 5.82 Å². The highest BCUT2D eigenvalue weighted by atomic mass is 79.9. The Labute approximate surface area is 157 Å². The Kier molecular flexibility index (Phi) is 4.16. The number of fused-ring (bicyclic) bond motifs is 1. The number of halogens is 1. The van der Waals surface area contributed by atoms with Crippen LogP contribution in [-0.2, 0) is 5.41 Å². The molecule has 0 unspecified atom stereocenters. The standard InChI is InChI=1S/C21H22BrN3/c1-25(2)16-8-9-17-18(12-16)20(23-13-19(17)22)24-14-21(10-11-21)15-6-4-3-5-7-15/h3-9,12-13H,10-11,14H2,1-2H3,(H,23,24). The summed E-state index contributed by atoms with van der Waals surface area (Å²) >= 11 is 3.63. The van der Waals surface area contributed by atoms with Gasteiger partial charge in [-0.05, 0) is 46.5 Å². The number of hydrogen-bond donors (Lipinski definition) is 1. The van der Waals surface area contributed by atoms with E-state index in [1.807, 2.05) is 6.20 Å². The predicted molar refractivity (Wildman–Crippen MR) is 110 cm³/mol. The van der Waals surface area contributed by atoms with Gasteiger partial charge in [-0.1, -0.05) is 36.4 Å². The molecule has 0 saturated heterocycles. The van der Waals surface area contributed by atoms with E-state index in [1.54, 1.807) is 0 Å². The largest absolute Gasteiger partial charge is 0.378 e. The number of nitrogens with zero attached hydrogens (tertiary/aromatic N) is 2. The van der Waals surface area contributed by atoms with Crippen molar-refractivity contribution < 1.29 is 0 Å². The molecule has 4 rings (SSSR count). The first kappa shape index (κ1) is 16.4. The smallest absolute Gasteiger partial charge is 0.134 e. The molecule has 0 aliphatic heterocycles. The van der Waals surface area contributed by atoms with E-state index in [2.05, 4.69) is 93.8 Å². The minimum atomic E-state index is 0.265. The molecule has 128 valence electrons. The van der Waals surface area contributed by atoms with Gasteiger partial charge in [-0.3, -0.25) is 0 Å². The van der Waals surface area contributed by atoms with Gasteiger partial charge in [-0.15, -0.1) is 0 Å². The molecule has 1 heterocycles. The van der Waals surface area contributed by atoms with Gasteiger partial charge in [-0.2, -0.15) is 0 Å². The van der Waals surface area contributed by atoms with Crippen molar-refractivity contribution in [1.82, 2.24) is 4.98 Å². The molecule has 1 aliphatic rings. The summed E-state index contributed by atoms with van der Waals surface area (Å²) in [4.78, 5) is 6.78. The summed E-state index contributed by atoms with van der Waals surface area (Å²) in [6, 6.07) is 17.3. The van der Waals surface area contributed by atoms with Crippen molar-refractivity contribution in [2.24, 2.45) is 0 Å². The van der Waals surface area contributed by atoms with Crippen molar-refractivity contribution in [1.29, 1.82) is 0 Å². The highest BCUT2D eigenvalue weighted by Crippen LogP contribution is 2.48. The second kappa shape index (κ2) is 6.34. The van der Waals surface area contributed by atoms with Gasteiger partial charge in [-0.25, -0.2) is 4.98 Å². The molecule has 1 fully saturated rings. The SMILES string of the molecule is CN(C)c1ccc2c(Br)cnc(NCC3(c4ccccc4)CC3)c2c1. The van der Waals surface area contributed by atoms with Crippen LogP contribution in [0.5, 0.6) is 0 Å². The van der Waals surface area contributed by atoms with Crippen molar-refractivity contribution in [3.8, 4) is 0 Å². The van der Waals surface area contributed by atoms with Crippen molar-refractivity contribution in [3.63, 3.8) is 0 Å². The molecule has 25 heavy (non-hydrogen) atoms. The molecule has 1 aliphatic carbocycles. The number of rotatable bonds is 5. The van der Waals surface area contributed by atoms with Crippen LogP contribution in [0.2, 0.25) is 0 Å². The normalized spacial score (nSPS) is 15.2. The number of aromatic nitrogens is 1. The van der Waals surface area contributed by atoms with E-state index < -0.39 is 0 Å². The maximum Gasteiger partial charge on any atom is 0.134 e. The molecule has 1 N–H and O–H groups in total. The monoisotopic (exact) mass is 395 g/mol. The topological polar surface area (TPSA) is 28.2 Å². The second-order valence-corrected chi connectivity index (χ2v) is 7.93. The van der Waals surface area contributed by atoms with Crippen LogP contribution >= 0.6 is 15.9 Å². The zero-order chi connectivity index (χ0) is 17.4. The lowest BCUT2D eigenvalue weighted by atomic mass is 9.96. The van der Waals surface area contributed by atoms with Gasteiger partial charge in [0.2, 0.25) is 0 Å². The summed E-state index contributed by atoms with van der Waals surface area (Å²) in [6.45, 7) is 0.924. The Hall–Kier alpha value is -2.07. The van der Waals surface area contributed by atoms with Crippen LogP contribution in [0.25, 0.3) is 10.8 Å². The van der Waals surface area contributed by atoms with E-state index in [0.717, 1.165) is 22.2 Å². The van der Waals surface area contributed by atoms with Gasteiger partial charge in [0, 0.05) is 53.2 Å². The van der Waals surface area contributed by atoms with Gasteiger partial charge in [0.25, 0.3) is 0 Å². The molecule has 0 bridgehead atoms. The van der Waals surface area contributed by atoms with Crippen LogP contribution in [-0.4, -0.2) is 25.6 Å². The lowest BCUT2D eigenvalue weighted by Crippen LogP contribution is -2.20. The third kappa shape index (κ3) is 3.11. The Morgan fingerprint density at radius 3 is 2.52 bits per heavy atom. The Balaban J connectivity index is 1.65. The highest BCUT2D eigenvalue weighted by Gasteiger charge is 2.43. The number of hydrogen-bond acceptors (Lipinski definition) is 3. The molecule has 2 aromatic carbocycles. The van der Waals surface area contributed by atoms with E-state index in [4.69, 9.17) is 0 Å². The fourth-order valence-corrected chi connectivity index (χ4v) is 3.83. The van der Waals surface area contributed by atoms with Gasteiger partial charge in [0.05, 0.1) is 0 Å². The van der Waals surface area contributed by atoms with Crippen molar-refractivity contribution in [2.45, 2.75) is 18.3 Å². The first-order valence-corrected chi connectivity index (χ1v) is 9.43. The minimum Gasteiger partial charge on any atom is -0.378 e. The Morgan fingerprint density at radius 1 is 1.08 bits per heavy atom. The number of benzene rings is 2. The molecular weight excluding hydrogens is 374 g/mol. The van der Waals surface area contributed by atoms with Crippen LogP contribution in [0.4, 0.5) is 11.5 Å². The molecule has 1 aromatic heterocycles. The van der Waals surface area contributed by atoms with Crippen molar-refractivity contribution in [3.05, 3.63) is 64.8 Å². The molecule has 1 saturated carbocycles. The predicted octanol–water partition coefficient (Wildman–Crippen LogP) is 5.21. The average Bonchev–Trinajstić information content (AvgIpc) is 3.43. The summed E-state index contributed by atoms with van der Waals surface area (Å²) in [5, 5.41) is 5.98. The second-order valence-electron chi connectivity index (χ2n) is 7.08. The molecule has 3 aromatic rings. The summed E-state index contributed by atoms with van der Waals surface area (Å²) in [5.74, 6) is 0.962. The first-order chi connectivity index (χ1) is 12.1. The highest BCUT2D eigenvalue weighted by molar-refractivity contribution is 9.10. The summed E-state index contributed by atoms with van der Waals surface area (Å²) in [6.07, 6.45) is 4.37. The quantitative estimate of drug-likeness (QED) is 0.642. The van der Waals surface area contributed by atoms with E-state index in [0.29, 0.717) is 0 Å². The molecular formula is C21H22BrN3. The fraction of sp³-hybridized carbons (Fsp3) is 0.286. The molecule has 0 atom stereocenters. The summed E-state index contributed by atoms with van der Waals surface area (Å²) < 4.78 is 1.03. The summed E-state index contributed by atoms with van der Waals surface area (Å²) in [7, 11) is 4.13. The van der Waals surface area contributed by atoms with Crippen LogP contribution < -0.4 is 10.2 Å². The molecule has 0 amide bonds. The van der Waals surface area contributed by atoms with Crippen LogP contribution in [0.15, 0.2) is 59.2 Å². The maximum atomic E-state index is 4.65. The van der Waals surface area contributed by atoms with E-state index in [9.17, 15) is 0 Å².